The van der Waals surface area contributed by atoms with Crippen molar-refractivity contribution in [2.75, 3.05) is 40.4 Å². The fourth-order valence-electron chi connectivity index (χ4n) is 4.68. The molecule has 0 saturated carbocycles. The number of nitrogens with one attached hydrogen (secondary N) is 1. The number of carbonyl (C=O) groups excluding carboxylic acids is 2. The first-order valence-electron chi connectivity index (χ1n) is 12.4. The van der Waals surface area contributed by atoms with Crippen LogP contribution >= 0.6 is 0 Å². The summed E-state index contributed by atoms with van der Waals surface area (Å²) in [6, 6.07) is 14.7. The predicted molar refractivity (Wildman–Crippen MR) is 141 cm³/mol. The number of aliphatic hydroxyl groups excluding tert-OH is 2. The molecule has 0 bridgehead atoms. The largest absolute Gasteiger partial charge is 0.493 e. The molecule has 1 aliphatic heterocycles. The van der Waals surface area contributed by atoms with E-state index < -0.39 is 6.10 Å². The number of carbonyl (C=O) groups is 2. The molecule has 3 aromatic carbocycles. The van der Waals surface area contributed by atoms with E-state index in [1.807, 2.05) is 55.4 Å². The van der Waals surface area contributed by atoms with Gasteiger partial charge in [-0.05, 0) is 63.5 Å². The molecule has 0 saturated heterocycles. The fourth-order valence-corrected chi connectivity index (χ4v) is 4.68. The maximum Gasteiger partial charge on any atom is 0.261 e. The lowest BCUT2D eigenvalue weighted by molar-refractivity contribution is 0.0605. The highest BCUT2D eigenvalue weighted by molar-refractivity contribution is 6.28. The Morgan fingerprint density at radius 1 is 1.08 bits per heavy atom. The maximum atomic E-state index is 13.4. The predicted octanol–water partition coefficient (Wildman–Crippen LogP) is 3.05. The minimum atomic E-state index is -0.793. The lowest BCUT2D eigenvalue weighted by Gasteiger charge is -2.27. The summed E-state index contributed by atoms with van der Waals surface area (Å²) in [6.07, 6.45) is 0.250. The van der Waals surface area contributed by atoms with Gasteiger partial charge in [0.05, 0.1) is 35.9 Å². The number of benzene rings is 3. The molecule has 1 aliphatic rings. The van der Waals surface area contributed by atoms with E-state index in [0.29, 0.717) is 59.6 Å². The molecule has 192 valence electrons. The van der Waals surface area contributed by atoms with Crippen molar-refractivity contribution >= 4 is 33.6 Å². The highest BCUT2D eigenvalue weighted by Crippen LogP contribution is 2.36. The van der Waals surface area contributed by atoms with Gasteiger partial charge in [0.15, 0.2) is 0 Å². The lowest BCUT2D eigenvalue weighted by Crippen LogP contribution is -2.41. The van der Waals surface area contributed by atoms with E-state index in [9.17, 15) is 14.7 Å². The molecule has 2 heterocycles. The number of ether oxygens (including phenoxy) is 1. The van der Waals surface area contributed by atoms with Crippen molar-refractivity contribution in [1.82, 2.24) is 19.8 Å². The highest BCUT2D eigenvalue weighted by Gasteiger charge is 2.33. The SMILES string of the molecule is CN(C)CCCN1C(=O)c2cccc3c2c(cc2[nH]c(-c4ccc(OCC[C@H](O)CO)cc4)nc23)C1=O. The zero-order chi connectivity index (χ0) is 26.1. The van der Waals surface area contributed by atoms with E-state index in [1.54, 1.807) is 12.1 Å². The second kappa shape index (κ2) is 10.3. The number of aromatic nitrogens is 2. The minimum Gasteiger partial charge on any atom is -0.493 e. The smallest absolute Gasteiger partial charge is 0.261 e. The Morgan fingerprint density at radius 2 is 1.84 bits per heavy atom. The fraction of sp³-hybridized carbons (Fsp3) is 0.321. The summed E-state index contributed by atoms with van der Waals surface area (Å²) in [5.74, 6) is 0.742. The minimum absolute atomic E-state index is 0.265. The Morgan fingerprint density at radius 3 is 2.57 bits per heavy atom. The van der Waals surface area contributed by atoms with Gasteiger partial charge in [-0.2, -0.15) is 0 Å². The summed E-state index contributed by atoms with van der Waals surface area (Å²) < 4.78 is 5.63. The molecule has 4 aromatic rings. The van der Waals surface area contributed by atoms with Crippen molar-refractivity contribution in [2.45, 2.75) is 18.9 Å². The molecule has 3 N–H and O–H groups in total. The normalized spacial score (nSPS) is 14.2. The summed E-state index contributed by atoms with van der Waals surface area (Å²) in [4.78, 5) is 38.2. The van der Waals surface area contributed by atoms with Gasteiger partial charge in [0.1, 0.15) is 11.6 Å². The summed E-state index contributed by atoms with van der Waals surface area (Å²) in [5.41, 5.74) is 3.30. The summed E-state index contributed by atoms with van der Waals surface area (Å²) in [5, 5.41) is 19.8. The zero-order valence-corrected chi connectivity index (χ0v) is 20.9. The quantitative estimate of drug-likeness (QED) is 0.285. The van der Waals surface area contributed by atoms with Crippen molar-refractivity contribution in [3.05, 3.63) is 59.7 Å². The van der Waals surface area contributed by atoms with Crippen LogP contribution in [-0.4, -0.2) is 88.3 Å². The Labute approximate surface area is 214 Å². The number of hydrogen-bond acceptors (Lipinski definition) is 7. The van der Waals surface area contributed by atoms with E-state index in [-0.39, 0.29) is 18.4 Å². The average Bonchev–Trinajstić information content (AvgIpc) is 3.33. The van der Waals surface area contributed by atoms with Crippen molar-refractivity contribution in [2.24, 2.45) is 0 Å². The number of fused-ring (bicyclic) bond motifs is 2. The van der Waals surface area contributed by atoms with E-state index in [2.05, 4.69) is 4.98 Å². The van der Waals surface area contributed by atoms with Gasteiger partial charge in [-0.3, -0.25) is 14.5 Å². The van der Waals surface area contributed by atoms with Crippen LogP contribution in [0.2, 0.25) is 0 Å². The second-order valence-corrected chi connectivity index (χ2v) is 9.55. The number of nitrogens with zero attached hydrogens (tertiary/aromatic N) is 3. The topological polar surface area (TPSA) is 119 Å². The molecular formula is C28H30N4O5. The first-order chi connectivity index (χ1) is 17.9. The molecule has 1 atom stereocenters. The first-order valence-corrected chi connectivity index (χ1v) is 12.4. The zero-order valence-electron chi connectivity index (χ0n) is 20.9. The van der Waals surface area contributed by atoms with Gasteiger partial charge in [0, 0.05) is 34.9 Å². The van der Waals surface area contributed by atoms with Gasteiger partial charge in [0.25, 0.3) is 11.8 Å². The number of imide groups is 1. The van der Waals surface area contributed by atoms with Crippen LogP contribution in [0.15, 0.2) is 48.5 Å². The Bertz CT molecular complexity index is 1460. The third-order valence-electron chi connectivity index (χ3n) is 6.61. The van der Waals surface area contributed by atoms with Gasteiger partial charge in [-0.25, -0.2) is 4.98 Å². The number of hydrogen-bond donors (Lipinski definition) is 3. The Balaban J connectivity index is 1.46. The number of H-pyrrole nitrogens is 1. The summed E-state index contributed by atoms with van der Waals surface area (Å²) in [7, 11) is 3.93. The van der Waals surface area contributed by atoms with Crippen molar-refractivity contribution in [1.29, 1.82) is 0 Å². The molecule has 9 heteroatoms. The van der Waals surface area contributed by atoms with Gasteiger partial charge < -0.3 is 24.8 Å². The lowest BCUT2D eigenvalue weighted by atomic mass is 9.93. The number of aliphatic hydroxyl groups is 2. The molecule has 0 aliphatic carbocycles. The van der Waals surface area contributed by atoms with E-state index in [0.717, 1.165) is 23.0 Å². The van der Waals surface area contributed by atoms with Crippen LogP contribution in [0.3, 0.4) is 0 Å². The molecule has 1 aromatic heterocycles. The standard InChI is InChI=1S/C28H30N4O5/c1-31(2)12-4-13-32-27(35)21-6-3-5-20-24(21)22(28(32)36)15-23-25(20)30-26(29-23)17-7-9-19(10-8-17)37-14-11-18(34)16-33/h3,5-10,15,18,33-34H,4,11-14,16H2,1-2H3,(H,29,30)/t18-/m0/s1. The third-order valence-corrected chi connectivity index (χ3v) is 6.61. The molecule has 0 fully saturated rings. The van der Waals surface area contributed by atoms with Gasteiger partial charge >= 0.3 is 0 Å². The first kappa shape index (κ1) is 24.9. The monoisotopic (exact) mass is 502 g/mol. The third kappa shape index (κ3) is 4.81. The van der Waals surface area contributed by atoms with Crippen molar-refractivity contribution in [3.63, 3.8) is 0 Å². The van der Waals surface area contributed by atoms with Gasteiger partial charge in [-0.15, -0.1) is 0 Å². The molecule has 5 rings (SSSR count). The van der Waals surface area contributed by atoms with Crippen LogP contribution in [0.25, 0.3) is 33.2 Å². The molecule has 0 unspecified atom stereocenters. The molecule has 0 spiro atoms. The molecular weight excluding hydrogens is 472 g/mol. The Hall–Kier alpha value is -3.79. The number of amides is 2. The molecule has 0 radical (unpaired) electrons. The number of rotatable bonds is 10. The van der Waals surface area contributed by atoms with Crippen LogP contribution in [0, 0.1) is 0 Å². The van der Waals surface area contributed by atoms with E-state index >= 15 is 0 Å². The summed E-state index contributed by atoms with van der Waals surface area (Å²) >= 11 is 0. The number of aromatic amines is 1. The van der Waals surface area contributed by atoms with E-state index in [1.165, 1.54) is 4.90 Å². The Kier molecular flexibility index (Phi) is 6.92. The van der Waals surface area contributed by atoms with Crippen LogP contribution in [0.5, 0.6) is 5.75 Å². The van der Waals surface area contributed by atoms with Crippen molar-refractivity contribution in [3.8, 4) is 17.1 Å². The average molecular weight is 503 g/mol. The summed E-state index contributed by atoms with van der Waals surface area (Å²) in [6.45, 7) is 1.15. The van der Waals surface area contributed by atoms with Crippen LogP contribution < -0.4 is 4.74 Å². The second-order valence-electron chi connectivity index (χ2n) is 9.55. The van der Waals surface area contributed by atoms with Crippen LogP contribution in [-0.2, 0) is 0 Å². The highest BCUT2D eigenvalue weighted by atomic mass is 16.5. The number of imidazole rings is 1. The molecule has 37 heavy (non-hydrogen) atoms. The van der Waals surface area contributed by atoms with Crippen LogP contribution in [0.1, 0.15) is 33.6 Å². The van der Waals surface area contributed by atoms with E-state index in [4.69, 9.17) is 14.8 Å². The van der Waals surface area contributed by atoms with Crippen LogP contribution in [0.4, 0.5) is 0 Å². The maximum absolute atomic E-state index is 13.4. The van der Waals surface area contributed by atoms with Gasteiger partial charge in [0.2, 0.25) is 0 Å². The molecule has 9 nitrogen and oxygen atoms in total. The van der Waals surface area contributed by atoms with Crippen molar-refractivity contribution < 1.29 is 24.5 Å². The molecule has 2 amide bonds. The van der Waals surface area contributed by atoms with Gasteiger partial charge in [-0.1, -0.05) is 12.1 Å².